The van der Waals surface area contributed by atoms with Gasteiger partial charge in [0.05, 0.1) is 17.4 Å². The van der Waals surface area contributed by atoms with Gasteiger partial charge in [-0.05, 0) is 12.5 Å². The van der Waals surface area contributed by atoms with Crippen LogP contribution in [0.2, 0.25) is 0 Å². The van der Waals surface area contributed by atoms with Crippen molar-refractivity contribution in [3.8, 4) is 0 Å². The van der Waals surface area contributed by atoms with Crippen molar-refractivity contribution in [3.05, 3.63) is 24.0 Å². The molecule has 0 spiro atoms. The molecule has 1 unspecified atom stereocenters. The Labute approximate surface area is 109 Å². The first-order valence-corrected chi connectivity index (χ1v) is 5.88. The number of anilines is 1. The monoisotopic (exact) mass is 262 g/mol. The van der Waals surface area contributed by atoms with Crippen molar-refractivity contribution in [2.75, 3.05) is 12.3 Å². The summed E-state index contributed by atoms with van der Waals surface area (Å²) in [5.41, 5.74) is 6.16. The van der Waals surface area contributed by atoms with Crippen molar-refractivity contribution in [2.24, 2.45) is 0 Å². The molecule has 19 heavy (non-hydrogen) atoms. The molecule has 0 aromatic carbocycles. The van der Waals surface area contributed by atoms with E-state index in [2.05, 4.69) is 10.3 Å². The van der Waals surface area contributed by atoms with Crippen molar-refractivity contribution in [1.29, 1.82) is 0 Å². The van der Waals surface area contributed by atoms with Crippen LogP contribution in [-0.2, 0) is 9.59 Å². The minimum Gasteiger partial charge on any atom is -0.397 e. The van der Waals surface area contributed by atoms with Crippen LogP contribution in [0.15, 0.2) is 18.5 Å². The number of rotatable bonds is 2. The number of amides is 3. The Hall–Kier alpha value is -2.44. The van der Waals surface area contributed by atoms with E-state index >= 15 is 0 Å². The summed E-state index contributed by atoms with van der Waals surface area (Å²) >= 11 is 0. The third-order valence-electron chi connectivity index (χ3n) is 2.99. The van der Waals surface area contributed by atoms with E-state index in [1.807, 2.05) is 0 Å². The highest BCUT2D eigenvalue weighted by Gasteiger charge is 2.36. The van der Waals surface area contributed by atoms with Gasteiger partial charge in [-0.1, -0.05) is 6.92 Å². The number of nitrogens with zero attached hydrogens (tertiary/aromatic N) is 2. The lowest BCUT2D eigenvalue weighted by molar-refractivity contribution is -0.138. The summed E-state index contributed by atoms with van der Waals surface area (Å²) in [4.78, 5) is 40.5. The van der Waals surface area contributed by atoms with Crippen LogP contribution in [0.25, 0.3) is 0 Å². The zero-order valence-electron chi connectivity index (χ0n) is 10.4. The Morgan fingerprint density at radius 2 is 2.32 bits per heavy atom. The van der Waals surface area contributed by atoms with Gasteiger partial charge in [-0.2, -0.15) is 0 Å². The number of nitrogen functional groups attached to an aromatic ring is 1. The Balaban J connectivity index is 2.33. The van der Waals surface area contributed by atoms with Crippen LogP contribution < -0.4 is 11.1 Å². The van der Waals surface area contributed by atoms with Gasteiger partial charge in [-0.15, -0.1) is 0 Å². The van der Waals surface area contributed by atoms with E-state index in [4.69, 9.17) is 5.73 Å². The number of nitrogens with two attached hydrogens (primary N) is 1. The van der Waals surface area contributed by atoms with E-state index in [1.54, 1.807) is 6.92 Å². The molecule has 0 bridgehead atoms. The smallest absolute Gasteiger partial charge is 0.257 e. The van der Waals surface area contributed by atoms with Crippen LogP contribution in [0.3, 0.4) is 0 Å². The number of carbonyl (C=O) groups is 3. The van der Waals surface area contributed by atoms with Crippen molar-refractivity contribution in [1.82, 2.24) is 15.2 Å². The van der Waals surface area contributed by atoms with E-state index in [-0.39, 0.29) is 17.8 Å². The van der Waals surface area contributed by atoms with Crippen LogP contribution in [0.5, 0.6) is 0 Å². The second-order valence-electron chi connectivity index (χ2n) is 4.23. The summed E-state index contributed by atoms with van der Waals surface area (Å²) in [6.07, 6.45) is 3.23. The number of hydrogen-bond donors (Lipinski definition) is 2. The van der Waals surface area contributed by atoms with Gasteiger partial charge in [0.25, 0.3) is 5.91 Å². The van der Waals surface area contributed by atoms with Crippen molar-refractivity contribution in [3.63, 3.8) is 0 Å². The van der Waals surface area contributed by atoms with E-state index in [1.165, 1.54) is 23.4 Å². The molecule has 1 saturated heterocycles. The molecule has 1 aromatic rings. The van der Waals surface area contributed by atoms with Gasteiger partial charge in [-0.3, -0.25) is 24.7 Å². The Kier molecular flexibility index (Phi) is 3.46. The molecule has 2 heterocycles. The van der Waals surface area contributed by atoms with Gasteiger partial charge in [0, 0.05) is 6.20 Å². The van der Waals surface area contributed by atoms with E-state index in [9.17, 15) is 14.4 Å². The van der Waals surface area contributed by atoms with Gasteiger partial charge >= 0.3 is 0 Å². The molecule has 2 rings (SSSR count). The number of nitrogens with one attached hydrogen (secondary N) is 1. The molecule has 1 aliphatic heterocycles. The summed E-state index contributed by atoms with van der Waals surface area (Å²) in [6, 6.07) is 0.819. The first kappa shape index (κ1) is 13.0. The topological polar surface area (TPSA) is 105 Å². The molecule has 1 fully saturated rings. The van der Waals surface area contributed by atoms with Crippen molar-refractivity contribution in [2.45, 2.75) is 19.4 Å². The molecule has 1 aromatic heterocycles. The molecule has 1 atom stereocenters. The van der Waals surface area contributed by atoms with Gasteiger partial charge < -0.3 is 10.6 Å². The summed E-state index contributed by atoms with van der Waals surface area (Å²) in [6.45, 7) is 1.63. The lowest BCUT2D eigenvalue weighted by Gasteiger charge is -2.33. The molecular formula is C12H14N4O3. The number of aromatic nitrogens is 1. The maximum absolute atomic E-state index is 12.4. The standard InChI is InChI=1S/C12H14N4O3/c1-2-9-11(18)15-10(17)6-16(9)12(19)7-3-4-14-5-8(7)13/h3-5,9H,2,6,13H2,1H3,(H,15,17,18). The van der Waals surface area contributed by atoms with Gasteiger partial charge in [-0.25, -0.2) is 0 Å². The predicted octanol–water partition coefficient (Wildman–Crippen LogP) is -0.459. The third kappa shape index (κ3) is 2.40. The maximum atomic E-state index is 12.4. The molecule has 3 amide bonds. The predicted molar refractivity (Wildman–Crippen MR) is 66.9 cm³/mol. The van der Waals surface area contributed by atoms with Gasteiger partial charge in [0.1, 0.15) is 12.6 Å². The summed E-state index contributed by atoms with van der Waals surface area (Å²) in [5.74, 6) is -1.38. The van der Waals surface area contributed by atoms with Crippen molar-refractivity contribution >= 4 is 23.4 Å². The molecule has 100 valence electrons. The zero-order chi connectivity index (χ0) is 14.0. The number of imide groups is 1. The van der Waals surface area contributed by atoms with Crippen molar-refractivity contribution < 1.29 is 14.4 Å². The summed E-state index contributed by atoms with van der Waals surface area (Å²) in [7, 11) is 0. The fourth-order valence-corrected chi connectivity index (χ4v) is 2.04. The quantitative estimate of drug-likeness (QED) is 0.702. The van der Waals surface area contributed by atoms with Crippen LogP contribution in [0, 0.1) is 0 Å². The largest absolute Gasteiger partial charge is 0.397 e. The SMILES string of the molecule is CCC1C(=O)NC(=O)CN1C(=O)c1ccncc1N. The summed E-state index contributed by atoms with van der Waals surface area (Å²) < 4.78 is 0. The molecule has 0 radical (unpaired) electrons. The zero-order valence-corrected chi connectivity index (χ0v) is 10.4. The number of hydrogen-bond acceptors (Lipinski definition) is 5. The van der Waals surface area contributed by atoms with Gasteiger partial charge in [0.2, 0.25) is 11.8 Å². The lowest BCUT2D eigenvalue weighted by atomic mass is 10.1. The average molecular weight is 262 g/mol. The lowest BCUT2D eigenvalue weighted by Crippen LogP contribution is -2.59. The Bertz CT molecular complexity index is 544. The van der Waals surface area contributed by atoms with Gasteiger partial charge in [0.15, 0.2) is 0 Å². The second-order valence-corrected chi connectivity index (χ2v) is 4.23. The molecule has 3 N–H and O–H groups in total. The molecule has 0 saturated carbocycles. The van der Waals surface area contributed by atoms with E-state index in [0.29, 0.717) is 6.42 Å². The second kappa shape index (κ2) is 5.05. The Morgan fingerprint density at radius 1 is 1.58 bits per heavy atom. The third-order valence-corrected chi connectivity index (χ3v) is 2.99. The van der Waals surface area contributed by atoms with E-state index in [0.717, 1.165) is 0 Å². The molecule has 0 aliphatic carbocycles. The minimum absolute atomic E-state index is 0.148. The highest BCUT2D eigenvalue weighted by Crippen LogP contribution is 2.17. The maximum Gasteiger partial charge on any atom is 0.257 e. The first-order chi connectivity index (χ1) is 9.04. The fourth-order valence-electron chi connectivity index (χ4n) is 2.04. The van der Waals surface area contributed by atoms with Crippen LogP contribution in [-0.4, -0.2) is 40.2 Å². The fraction of sp³-hybridized carbons (Fsp3) is 0.333. The number of carbonyl (C=O) groups excluding carboxylic acids is 3. The van der Waals surface area contributed by atoms with Crippen LogP contribution in [0.4, 0.5) is 5.69 Å². The molecule has 7 heteroatoms. The van der Waals surface area contributed by atoms with E-state index < -0.39 is 23.8 Å². The molecule has 7 nitrogen and oxygen atoms in total. The summed E-state index contributed by atoms with van der Waals surface area (Å²) in [5, 5.41) is 2.22. The normalized spacial score (nSPS) is 19.2. The molecule has 1 aliphatic rings. The number of piperazine rings is 1. The highest BCUT2D eigenvalue weighted by molar-refractivity contribution is 6.08. The minimum atomic E-state index is -0.655. The van der Waals surface area contributed by atoms with Crippen LogP contribution in [0.1, 0.15) is 23.7 Å². The van der Waals surface area contributed by atoms with Crippen LogP contribution >= 0.6 is 0 Å². The number of pyridine rings is 1. The first-order valence-electron chi connectivity index (χ1n) is 5.88. The Morgan fingerprint density at radius 3 is 2.95 bits per heavy atom. The highest BCUT2D eigenvalue weighted by atomic mass is 16.2. The molecular weight excluding hydrogens is 248 g/mol. The average Bonchev–Trinajstić information content (AvgIpc) is 2.37.